The third-order valence-corrected chi connectivity index (χ3v) is 10.3. The number of carbonyl (C=O) groups excluding carboxylic acids is 3. The lowest BCUT2D eigenvalue weighted by atomic mass is 9.78. The van der Waals surface area contributed by atoms with Crippen molar-refractivity contribution in [3.63, 3.8) is 0 Å². The summed E-state index contributed by atoms with van der Waals surface area (Å²) in [5.41, 5.74) is -2.16. The molecule has 48 heavy (non-hydrogen) atoms. The maximum Gasteiger partial charge on any atom is 0.430 e. The molecule has 2 N–H and O–H groups in total. The molecule has 3 saturated heterocycles. The minimum Gasteiger partial charge on any atom is -0.371 e. The van der Waals surface area contributed by atoms with Gasteiger partial charge >= 0.3 is 6.18 Å². The van der Waals surface area contributed by atoms with Gasteiger partial charge in [0.25, 0.3) is 23.3 Å². The van der Waals surface area contributed by atoms with E-state index in [4.69, 9.17) is 11.6 Å². The Labute approximate surface area is 282 Å². The lowest BCUT2D eigenvalue weighted by Gasteiger charge is -2.42. The molecule has 3 heterocycles. The van der Waals surface area contributed by atoms with Gasteiger partial charge in [-0.1, -0.05) is 60.1 Å². The van der Waals surface area contributed by atoms with Crippen LogP contribution < -0.4 is 10.2 Å². The Morgan fingerprint density at radius 3 is 1.90 bits per heavy atom. The lowest BCUT2D eigenvalue weighted by Crippen LogP contribution is -2.61. The van der Waals surface area contributed by atoms with Crippen LogP contribution in [0.1, 0.15) is 52.0 Å². The van der Waals surface area contributed by atoms with E-state index >= 15 is 0 Å². The zero-order valence-corrected chi connectivity index (χ0v) is 27.1. The summed E-state index contributed by atoms with van der Waals surface area (Å²) in [7, 11) is 0. The molecule has 6 rings (SSSR count). The molecule has 254 valence electrons. The van der Waals surface area contributed by atoms with Crippen LogP contribution in [0, 0.1) is 11.8 Å². The summed E-state index contributed by atoms with van der Waals surface area (Å²) >= 11 is 6.59. The molecule has 1 atom stereocenters. The first-order chi connectivity index (χ1) is 23.0. The Balaban J connectivity index is 0.978. The molecule has 0 radical (unpaired) electrons. The number of amides is 3. The summed E-state index contributed by atoms with van der Waals surface area (Å²) < 4.78 is 42.1. The van der Waals surface area contributed by atoms with Gasteiger partial charge in [-0.3, -0.25) is 14.4 Å². The Kier molecular flexibility index (Phi) is 9.71. The Hall–Kier alpha value is -4.09. The van der Waals surface area contributed by atoms with Crippen molar-refractivity contribution in [3.05, 3.63) is 101 Å². The molecule has 3 amide bonds. The van der Waals surface area contributed by atoms with Gasteiger partial charge < -0.3 is 25.1 Å². The van der Waals surface area contributed by atoms with Gasteiger partial charge in [-0.15, -0.1) is 0 Å². The third-order valence-electron chi connectivity index (χ3n) is 10.0. The van der Waals surface area contributed by atoms with Crippen LogP contribution in [0.25, 0.3) is 0 Å². The normalized spacial score (nSPS) is 19.4. The Bertz CT molecular complexity index is 1620. The number of hydrogen-bond donors (Lipinski definition) is 2. The molecule has 0 aromatic heterocycles. The van der Waals surface area contributed by atoms with E-state index in [0.717, 1.165) is 48.7 Å². The van der Waals surface area contributed by atoms with Gasteiger partial charge in [0.1, 0.15) is 0 Å². The highest BCUT2D eigenvalue weighted by Gasteiger charge is 2.62. The molecule has 8 nitrogen and oxygen atoms in total. The van der Waals surface area contributed by atoms with Crippen molar-refractivity contribution >= 4 is 35.0 Å². The van der Waals surface area contributed by atoms with Crippen LogP contribution >= 0.6 is 11.6 Å². The van der Waals surface area contributed by atoms with E-state index in [2.05, 4.69) is 10.2 Å². The van der Waals surface area contributed by atoms with Gasteiger partial charge in [0.2, 0.25) is 0 Å². The number of rotatable bonds is 7. The number of nitrogens with zero attached hydrogens (tertiary/aromatic N) is 3. The highest BCUT2D eigenvalue weighted by molar-refractivity contribution is 6.34. The van der Waals surface area contributed by atoms with Gasteiger partial charge in [0.15, 0.2) is 0 Å². The van der Waals surface area contributed by atoms with Crippen molar-refractivity contribution in [1.29, 1.82) is 0 Å². The maximum absolute atomic E-state index is 14.0. The minimum atomic E-state index is -5.15. The first-order valence-electron chi connectivity index (χ1n) is 16.3. The van der Waals surface area contributed by atoms with E-state index in [1.165, 1.54) is 18.2 Å². The zero-order chi connectivity index (χ0) is 34.1. The highest BCUT2D eigenvalue weighted by atomic mass is 35.5. The molecule has 3 aliphatic rings. The topological polar surface area (TPSA) is 93.2 Å². The molecular weight excluding hydrogens is 645 g/mol. The van der Waals surface area contributed by atoms with E-state index in [0.29, 0.717) is 48.0 Å². The predicted molar refractivity (Wildman–Crippen MR) is 176 cm³/mol. The molecule has 12 heteroatoms. The monoisotopic (exact) mass is 682 g/mol. The van der Waals surface area contributed by atoms with Crippen LogP contribution in [0.2, 0.25) is 5.02 Å². The summed E-state index contributed by atoms with van der Waals surface area (Å²) in [6.07, 6.45) is -2.22. The van der Waals surface area contributed by atoms with Crippen LogP contribution in [0.5, 0.6) is 0 Å². The Morgan fingerprint density at radius 2 is 1.33 bits per heavy atom. The number of benzene rings is 3. The number of alkyl halides is 3. The number of hydrogen-bond acceptors (Lipinski definition) is 5. The second-order valence-electron chi connectivity index (χ2n) is 12.9. The van der Waals surface area contributed by atoms with Crippen molar-refractivity contribution in [1.82, 2.24) is 15.1 Å². The molecule has 0 bridgehead atoms. The number of halogens is 4. The number of nitrogens with one attached hydrogen (secondary N) is 1. The van der Waals surface area contributed by atoms with Crippen LogP contribution in [0.15, 0.2) is 78.9 Å². The Morgan fingerprint density at radius 1 is 0.771 bits per heavy atom. The first kappa shape index (κ1) is 33.8. The molecule has 0 aliphatic carbocycles. The van der Waals surface area contributed by atoms with Crippen LogP contribution in [-0.4, -0.2) is 84.1 Å². The molecular formula is C36H38ClF3N4O4. The summed E-state index contributed by atoms with van der Waals surface area (Å²) in [5, 5.41) is 14.0. The average molecular weight is 683 g/mol. The molecule has 0 spiro atoms. The summed E-state index contributed by atoms with van der Waals surface area (Å²) in [5.74, 6) is -1.03. The third kappa shape index (κ3) is 6.75. The number of likely N-dealkylation sites (tertiary alicyclic amines) is 2. The van der Waals surface area contributed by atoms with Crippen molar-refractivity contribution in [2.24, 2.45) is 11.8 Å². The van der Waals surface area contributed by atoms with Crippen molar-refractivity contribution < 1.29 is 32.7 Å². The second-order valence-corrected chi connectivity index (χ2v) is 13.3. The van der Waals surface area contributed by atoms with E-state index < -0.39 is 23.2 Å². The number of piperidine rings is 2. The standard InChI is InChI=1S/C36H38ClF3N4O4/c37-31-21-29(11-12-30(31)33(46)44-22-28(23-44)41-32(45)26-7-3-1-4-8-26)42-17-13-24(14-18-42)25-15-19-43(20-16-25)34(47)35(48,36(38,39)40)27-9-5-2-6-10-27/h1-12,21,24-25,28,48H,13-20,22-23H2,(H,41,45). The number of aliphatic hydroxyl groups is 1. The first-order valence-corrected chi connectivity index (χ1v) is 16.7. The summed E-state index contributed by atoms with van der Waals surface area (Å²) in [6.45, 7) is 2.68. The molecule has 0 saturated carbocycles. The molecule has 1 unspecified atom stereocenters. The molecule has 3 aromatic rings. The predicted octanol–water partition coefficient (Wildman–Crippen LogP) is 5.50. The summed E-state index contributed by atoms with van der Waals surface area (Å²) in [6, 6.07) is 20.8. The van der Waals surface area contributed by atoms with E-state index in [9.17, 15) is 32.7 Å². The van der Waals surface area contributed by atoms with Crippen molar-refractivity contribution in [3.8, 4) is 0 Å². The SMILES string of the molecule is O=C(NC1CN(C(=O)c2ccc(N3CCC(C4CCN(C(=O)C(O)(c5ccccc5)C(F)(F)F)CC4)CC3)cc2Cl)C1)c1ccccc1. The molecule has 3 aromatic carbocycles. The van der Waals surface area contributed by atoms with Crippen molar-refractivity contribution in [2.45, 2.75) is 43.5 Å². The minimum absolute atomic E-state index is 0.119. The fourth-order valence-corrected chi connectivity index (χ4v) is 7.41. The van der Waals surface area contributed by atoms with Gasteiger partial charge in [-0.05, 0) is 67.9 Å². The highest BCUT2D eigenvalue weighted by Crippen LogP contribution is 2.42. The van der Waals surface area contributed by atoms with Gasteiger partial charge in [-0.25, -0.2) is 0 Å². The van der Waals surface area contributed by atoms with Crippen LogP contribution in [-0.2, 0) is 10.4 Å². The number of carbonyl (C=O) groups is 3. The fourth-order valence-electron chi connectivity index (χ4n) is 7.16. The van der Waals surface area contributed by atoms with Crippen molar-refractivity contribution in [2.75, 3.05) is 44.2 Å². The maximum atomic E-state index is 14.0. The number of anilines is 1. The van der Waals surface area contributed by atoms with Crippen LogP contribution in [0.4, 0.5) is 18.9 Å². The zero-order valence-electron chi connectivity index (χ0n) is 26.3. The van der Waals surface area contributed by atoms with Gasteiger partial charge in [0, 0.05) is 56.1 Å². The molecule has 3 fully saturated rings. The second kappa shape index (κ2) is 13.8. The average Bonchev–Trinajstić information content (AvgIpc) is 3.09. The molecule has 3 aliphatic heterocycles. The van der Waals surface area contributed by atoms with E-state index in [1.54, 1.807) is 35.2 Å². The van der Waals surface area contributed by atoms with E-state index in [1.807, 2.05) is 18.2 Å². The summed E-state index contributed by atoms with van der Waals surface area (Å²) in [4.78, 5) is 43.6. The van der Waals surface area contributed by atoms with Crippen LogP contribution in [0.3, 0.4) is 0 Å². The van der Waals surface area contributed by atoms with Gasteiger partial charge in [0.05, 0.1) is 16.6 Å². The fraction of sp³-hybridized carbons (Fsp3) is 0.417. The smallest absolute Gasteiger partial charge is 0.371 e. The lowest BCUT2D eigenvalue weighted by molar-refractivity contribution is -0.262. The largest absolute Gasteiger partial charge is 0.430 e. The quantitative estimate of drug-likeness (QED) is 0.344. The van der Waals surface area contributed by atoms with E-state index in [-0.39, 0.29) is 36.9 Å². The van der Waals surface area contributed by atoms with Gasteiger partial charge in [-0.2, -0.15) is 13.2 Å².